The molecule has 0 aromatic rings. The summed E-state index contributed by atoms with van der Waals surface area (Å²) in [5, 5.41) is 11.4. The quantitative estimate of drug-likeness (QED) is 0.447. The second-order valence-electron chi connectivity index (χ2n) is 3.12. The van der Waals surface area contributed by atoms with Crippen molar-refractivity contribution in [2.75, 3.05) is 13.7 Å². The van der Waals surface area contributed by atoms with Gasteiger partial charge in [-0.2, -0.15) is 0 Å². The lowest BCUT2D eigenvalue weighted by Gasteiger charge is -2.15. The van der Waals surface area contributed by atoms with Crippen molar-refractivity contribution < 1.29 is 19.4 Å². The van der Waals surface area contributed by atoms with E-state index in [1.807, 2.05) is 0 Å². The molecule has 2 atom stereocenters. The van der Waals surface area contributed by atoms with Gasteiger partial charge < -0.3 is 20.9 Å². The van der Waals surface area contributed by atoms with Crippen LogP contribution in [0.15, 0.2) is 0 Å². The fourth-order valence-electron chi connectivity index (χ4n) is 1.29. The smallest absolute Gasteiger partial charge is 0.325 e. The molecule has 0 aromatic carbocycles. The van der Waals surface area contributed by atoms with Crippen LogP contribution in [0, 0.1) is 0 Å². The molecule has 0 aromatic heterocycles. The van der Waals surface area contributed by atoms with Crippen LogP contribution in [0.3, 0.4) is 0 Å². The maximum Gasteiger partial charge on any atom is 0.325 e. The third-order valence-corrected chi connectivity index (χ3v) is 2.14. The van der Waals surface area contributed by atoms with E-state index in [0.717, 1.165) is 0 Å². The Kier molecular flexibility index (Phi) is 2.53. The van der Waals surface area contributed by atoms with Crippen LogP contribution < -0.4 is 11.1 Å². The number of hydrogen-bond acceptors (Lipinski definition) is 5. The van der Waals surface area contributed by atoms with E-state index in [0.29, 0.717) is 0 Å². The van der Waals surface area contributed by atoms with E-state index >= 15 is 0 Å². The number of hydrogen-bond donors (Lipinski definition) is 3. The monoisotopic (exact) mass is 188 g/mol. The summed E-state index contributed by atoms with van der Waals surface area (Å²) < 4.78 is 4.46. The molecule has 0 bridgehead atoms. The fourth-order valence-corrected chi connectivity index (χ4v) is 1.29. The topological polar surface area (TPSA) is 102 Å². The van der Waals surface area contributed by atoms with Crippen LogP contribution in [-0.2, 0) is 14.3 Å². The molecule has 1 heterocycles. The molecule has 6 heteroatoms. The van der Waals surface area contributed by atoms with Gasteiger partial charge >= 0.3 is 11.9 Å². The average Bonchev–Trinajstić information content (AvgIpc) is 2.48. The normalized spacial score (nSPS) is 32.9. The van der Waals surface area contributed by atoms with Gasteiger partial charge in [-0.15, -0.1) is 0 Å². The molecule has 1 rings (SSSR count). The van der Waals surface area contributed by atoms with Crippen molar-refractivity contribution in [2.24, 2.45) is 5.73 Å². The first kappa shape index (κ1) is 9.94. The van der Waals surface area contributed by atoms with Crippen molar-refractivity contribution >= 4 is 11.9 Å². The molecule has 0 spiro atoms. The van der Waals surface area contributed by atoms with Crippen molar-refractivity contribution in [3.05, 3.63) is 0 Å². The first-order valence-electron chi connectivity index (χ1n) is 3.83. The standard InChI is InChI=1S/C7H12N2O4/c1-13-5(10)4-2-7(8,3-9-4)6(11)12/h4,9H,2-3,8H2,1H3,(H,11,12)/t4-,7-/m1/s1. The minimum atomic E-state index is -1.35. The summed E-state index contributed by atoms with van der Waals surface area (Å²) in [4.78, 5) is 21.7. The summed E-state index contributed by atoms with van der Waals surface area (Å²) in [5.41, 5.74) is 4.17. The minimum Gasteiger partial charge on any atom is -0.480 e. The number of nitrogens with one attached hydrogen (secondary N) is 1. The minimum absolute atomic E-state index is 0.0645. The SMILES string of the molecule is COC(=O)[C@H]1C[C@](N)(C(=O)O)CN1. The Morgan fingerprint density at radius 1 is 1.69 bits per heavy atom. The van der Waals surface area contributed by atoms with Gasteiger partial charge in [0.1, 0.15) is 11.6 Å². The van der Waals surface area contributed by atoms with E-state index in [2.05, 4.69) is 10.1 Å². The third-order valence-electron chi connectivity index (χ3n) is 2.14. The maximum atomic E-state index is 11.0. The maximum absolute atomic E-state index is 11.0. The molecule has 4 N–H and O–H groups in total. The molecular weight excluding hydrogens is 176 g/mol. The highest BCUT2D eigenvalue weighted by molar-refractivity contribution is 5.83. The number of nitrogens with two attached hydrogens (primary N) is 1. The van der Waals surface area contributed by atoms with Gasteiger partial charge in [-0.3, -0.25) is 9.59 Å². The molecule has 0 unspecified atom stereocenters. The van der Waals surface area contributed by atoms with Gasteiger partial charge in [0.2, 0.25) is 0 Å². The number of carbonyl (C=O) groups excluding carboxylic acids is 1. The van der Waals surface area contributed by atoms with Crippen molar-refractivity contribution in [3.8, 4) is 0 Å². The molecule has 0 saturated carbocycles. The number of carboxylic acid groups (broad SMARTS) is 1. The van der Waals surface area contributed by atoms with Crippen LogP contribution in [0.25, 0.3) is 0 Å². The second kappa shape index (κ2) is 3.31. The van der Waals surface area contributed by atoms with Crippen LogP contribution in [0.5, 0.6) is 0 Å². The third kappa shape index (κ3) is 1.78. The summed E-state index contributed by atoms with van der Waals surface area (Å²) in [5.74, 6) is -1.58. The molecular formula is C7H12N2O4. The highest BCUT2D eigenvalue weighted by atomic mass is 16.5. The number of esters is 1. The van der Waals surface area contributed by atoms with Gasteiger partial charge in [0, 0.05) is 13.0 Å². The number of methoxy groups -OCH3 is 1. The predicted octanol–water partition coefficient (Wildman–Crippen LogP) is -1.70. The van der Waals surface area contributed by atoms with E-state index in [1.165, 1.54) is 7.11 Å². The summed E-state index contributed by atoms with van der Waals surface area (Å²) in [7, 11) is 1.25. The van der Waals surface area contributed by atoms with E-state index < -0.39 is 23.5 Å². The summed E-state index contributed by atoms with van der Waals surface area (Å²) >= 11 is 0. The Morgan fingerprint density at radius 3 is 2.69 bits per heavy atom. The summed E-state index contributed by atoms with van der Waals surface area (Å²) in [6.45, 7) is 0.0854. The average molecular weight is 188 g/mol. The van der Waals surface area contributed by atoms with Crippen molar-refractivity contribution in [1.29, 1.82) is 0 Å². The number of carboxylic acids is 1. The fraction of sp³-hybridized carbons (Fsp3) is 0.714. The molecule has 1 aliphatic heterocycles. The van der Waals surface area contributed by atoms with Gasteiger partial charge in [-0.05, 0) is 0 Å². The Bertz CT molecular complexity index is 243. The van der Waals surface area contributed by atoms with Crippen LogP contribution in [0.1, 0.15) is 6.42 Å². The Balaban J connectivity index is 2.63. The molecule has 0 amide bonds. The largest absolute Gasteiger partial charge is 0.480 e. The molecule has 1 aliphatic rings. The number of carbonyl (C=O) groups is 2. The van der Waals surface area contributed by atoms with Crippen LogP contribution in [0.2, 0.25) is 0 Å². The zero-order valence-corrected chi connectivity index (χ0v) is 7.24. The van der Waals surface area contributed by atoms with Gasteiger partial charge in [0.25, 0.3) is 0 Å². The number of aliphatic carboxylic acids is 1. The Labute approximate surface area is 75.0 Å². The van der Waals surface area contributed by atoms with Crippen molar-refractivity contribution in [3.63, 3.8) is 0 Å². The van der Waals surface area contributed by atoms with E-state index in [9.17, 15) is 9.59 Å². The molecule has 74 valence electrons. The number of ether oxygens (including phenoxy) is 1. The molecule has 6 nitrogen and oxygen atoms in total. The zero-order chi connectivity index (χ0) is 10.1. The molecule has 13 heavy (non-hydrogen) atoms. The molecule has 1 saturated heterocycles. The molecule has 0 radical (unpaired) electrons. The van der Waals surface area contributed by atoms with Crippen molar-refractivity contribution in [1.82, 2.24) is 5.32 Å². The number of rotatable bonds is 2. The highest BCUT2D eigenvalue weighted by Gasteiger charge is 2.44. The zero-order valence-electron chi connectivity index (χ0n) is 7.24. The lowest BCUT2D eigenvalue weighted by atomic mass is 9.98. The van der Waals surface area contributed by atoms with E-state index in [-0.39, 0.29) is 13.0 Å². The molecule has 0 aliphatic carbocycles. The predicted molar refractivity (Wildman–Crippen MR) is 43.0 cm³/mol. The summed E-state index contributed by atoms with van der Waals surface area (Å²) in [6, 6.07) is -0.605. The highest BCUT2D eigenvalue weighted by Crippen LogP contribution is 2.17. The molecule has 1 fully saturated rings. The van der Waals surface area contributed by atoms with Crippen LogP contribution in [0.4, 0.5) is 0 Å². The van der Waals surface area contributed by atoms with Crippen LogP contribution in [-0.4, -0.2) is 42.3 Å². The van der Waals surface area contributed by atoms with E-state index in [4.69, 9.17) is 10.8 Å². The lowest BCUT2D eigenvalue weighted by Crippen LogP contribution is -2.49. The second-order valence-corrected chi connectivity index (χ2v) is 3.12. The van der Waals surface area contributed by atoms with Gasteiger partial charge in [-0.25, -0.2) is 0 Å². The Hall–Kier alpha value is -1.14. The Morgan fingerprint density at radius 2 is 2.31 bits per heavy atom. The van der Waals surface area contributed by atoms with Gasteiger partial charge in [0.15, 0.2) is 0 Å². The first-order valence-corrected chi connectivity index (χ1v) is 3.83. The lowest BCUT2D eigenvalue weighted by molar-refractivity contribution is -0.144. The van der Waals surface area contributed by atoms with E-state index in [1.54, 1.807) is 0 Å². The first-order chi connectivity index (χ1) is 5.99. The van der Waals surface area contributed by atoms with Gasteiger partial charge in [-0.1, -0.05) is 0 Å². The van der Waals surface area contributed by atoms with Crippen molar-refractivity contribution in [2.45, 2.75) is 18.0 Å². The summed E-state index contributed by atoms with van der Waals surface area (Å²) in [6.07, 6.45) is 0.0645. The van der Waals surface area contributed by atoms with Crippen LogP contribution >= 0.6 is 0 Å². The van der Waals surface area contributed by atoms with Gasteiger partial charge in [0.05, 0.1) is 7.11 Å².